The van der Waals surface area contributed by atoms with Crippen LogP contribution in [0.2, 0.25) is 0 Å². The van der Waals surface area contributed by atoms with Crippen LogP contribution in [0.15, 0.2) is 30.5 Å². The number of hydrogen-bond acceptors (Lipinski definition) is 8. The van der Waals surface area contributed by atoms with E-state index in [0.29, 0.717) is 72.6 Å². The maximum atomic E-state index is 16.7. The maximum Gasteiger partial charge on any atom is 0.319 e. The van der Waals surface area contributed by atoms with Gasteiger partial charge in [0.2, 0.25) is 0 Å². The van der Waals surface area contributed by atoms with E-state index in [1.807, 2.05) is 6.92 Å². The molecule has 0 spiro atoms. The molecule has 43 heavy (non-hydrogen) atoms. The van der Waals surface area contributed by atoms with E-state index < -0.39 is 23.3 Å². The number of pyridine rings is 1. The highest BCUT2D eigenvalue weighted by atomic mass is 19.1. The third-order valence-electron chi connectivity index (χ3n) is 9.90. The van der Waals surface area contributed by atoms with Gasteiger partial charge in [-0.15, -0.1) is 0 Å². The topological polar surface area (TPSA) is 83.8 Å². The number of nitrogens with zero attached hydrogens (tertiary/aromatic N) is 5. The summed E-state index contributed by atoms with van der Waals surface area (Å²) in [7, 11) is 0. The first-order valence-electron chi connectivity index (χ1n) is 15.0. The Hall–Kier alpha value is -3.70. The summed E-state index contributed by atoms with van der Waals surface area (Å²) in [5.41, 5.74) is 0.252. The van der Waals surface area contributed by atoms with Crippen molar-refractivity contribution < 1.29 is 27.8 Å². The number of phenolic OH excluding ortho intramolecular Hbond substituents is 1. The normalized spacial score (nSPS) is 26.7. The van der Waals surface area contributed by atoms with Crippen LogP contribution in [0.1, 0.15) is 31.7 Å². The average Bonchev–Trinajstić information content (AvgIpc) is 3.63. The van der Waals surface area contributed by atoms with Gasteiger partial charge in [-0.1, -0.05) is 13.0 Å². The molecule has 224 valence electrons. The third-order valence-corrected chi connectivity index (χ3v) is 9.90. The van der Waals surface area contributed by atoms with Gasteiger partial charge in [-0.05, 0) is 60.3 Å². The third kappa shape index (κ3) is 4.15. The number of aryl methyl sites for hydroxylation is 1. The molecule has 1 N–H and O–H groups in total. The second kappa shape index (κ2) is 9.92. The SMILES string of the molecule is CCc1c(F)ccc2cc(O)cc(-c3ncc4c(N5C[C@@H]6COC[C@@H]65)nc(OC[C@@]56CCCN5C[C@H](F)C6)nc4c3F)c12. The van der Waals surface area contributed by atoms with Gasteiger partial charge in [-0.2, -0.15) is 9.97 Å². The predicted molar refractivity (Wildman–Crippen MR) is 155 cm³/mol. The zero-order valence-electron chi connectivity index (χ0n) is 23.8. The summed E-state index contributed by atoms with van der Waals surface area (Å²) < 4.78 is 57.9. The van der Waals surface area contributed by atoms with Crippen LogP contribution >= 0.6 is 0 Å². The number of rotatable bonds is 6. The lowest BCUT2D eigenvalue weighted by Crippen LogP contribution is -2.56. The van der Waals surface area contributed by atoms with E-state index >= 15 is 4.39 Å². The lowest BCUT2D eigenvalue weighted by molar-refractivity contribution is 0.107. The van der Waals surface area contributed by atoms with E-state index in [4.69, 9.17) is 14.5 Å². The molecular formula is C32H32F3N5O3. The molecule has 4 aromatic rings. The van der Waals surface area contributed by atoms with Gasteiger partial charge in [0.05, 0.1) is 30.2 Å². The molecule has 0 radical (unpaired) electrons. The summed E-state index contributed by atoms with van der Waals surface area (Å²) in [6, 6.07) is 6.00. The van der Waals surface area contributed by atoms with E-state index in [1.165, 1.54) is 18.2 Å². The Morgan fingerprint density at radius 1 is 1.16 bits per heavy atom. The van der Waals surface area contributed by atoms with Crippen LogP contribution in [0.4, 0.5) is 19.0 Å². The molecule has 11 heteroatoms. The number of phenols is 1. The minimum absolute atomic E-state index is 0.0190. The molecule has 0 unspecified atom stereocenters. The zero-order valence-corrected chi connectivity index (χ0v) is 23.8. The van der Waals surface area contributed by atoms with Crippen molar-refractivity contribution in [2.45, 2.75) is 50.4 Å². The first kappa shape index (κ1) is 26.9. The van der Waals surface area contributed by atoms with Gasteiger partial charge >= 0.3 is 6.01 Å². The largest absolute Gasteiger partial charge is 0.508 e. The molecule has 0 amide bonds. The van der Waals surface area contributed by atoms with Gasteiger partial charge in [-0.25, -0.2) is 13.2 Å². The first-order valence-corrected chi connectivity index (χ1v) is 15.0. The van der Waals surface area contributed by atoms with Crippen molar-refractivity contribution in [1.82, 2.24) is 19.9 Å². The van der Waals surface area contributed by atoms with E-state index in [2.05, 4.69) is 19.8 Å². The van der Waals surface area contributed by atoms with Crippen molar-refractivity contribution in [1.29, 1.82) is 0 Å². The van der Waals surface area contributed by atoms with Crippen molar-refractivity contribution in [3.8, 4) is 23.0 Å². The van der Waals surface area contributed by atoms with Crippen molar-refractivity contribution in [2.24, 2.45) is 5.92 Å². The fraction of sp³-hybridized carbons (Fsp3) is 0.469. The number of aromatic nitrogens is 3. The molecule has 4 saturated heterocycles. The van der Waals surface area contributed by atoms with Crippen LogP contribution in [0.25, 0.3) is 32.9 Å². The summed E-state index contributed by atoms with van der Waals surface area (Å²) in [6.07, 6.45) is 3.20. The monoisotopic (exact) mass is 591 g/mol. The summed E-state index contributed by atoms with van der Waals surface area (Å²) in [5, 5.41) is 12.0. The smallest absolute Gasteiger partial charge is 0.319 e. The van der Waals surface area contributed by atoms with Crippen LogP contribution in [-0.2, 0) is 11.2 Å². The van der Waals surface area contributed by atoms with Crippen LogP contribution in [-0.4, -0.2) is 82.2 Å². The van der Waals surface area contributed by atoms with E-state index in [9.17, 15) is 13.9 Å². The maximum absolute atomic E-state index is 16.7. The van der Waals surface area contributed by atoms with Crippen LogP contribution in [0.3, 0.4) is 0 Å². The van der Waals surface area contributed by atoms with Gasteiger partial charge in [0, 0.05) is 37.2 Å². The number of anilines is 1. The minimum Gasteiger partial charge on any atom is -0.508 e. The molecule has 6 heterocycles. The zero-order chi connectivity index (χ0) is 29.5. The molecule has 4 atom stereocenters. The molecule has 4 aliphatic rings. The highest BCUT2D eigenvalue weighted by Crippen LogP contribution is 2.43. The second-order valence-electron chi connectivity index (χ2n) is 12.4. The number of benzene rings is 2. The Labute approximate surface area is 246 Å². The fourth-order valence-corrected chi connectivity index (χ4v) is 7.77. The van der Waals surface area contributed by atoms with Gasteiger partial charge in [-0.3, -0.25) is 9.88 Å². The molecule has 0 bridgehead atoms. The predicted octanol–water partition coefficient (Wildman–Crippen LogP) is 5.18. The number of ether oxygens (including phenoxy) is 2. The van der Waals surface area contributed by atoms with Crippen molar-refractivity contribution in [3.05, 3.63) is 47.7 Å². The quantitative estimate of drug-likeness (QED) is 0.329. The molecule has 4 fully saturated rings. The van der Waals surface area contributed by atoms with E-state index in [0.717, 1.165) is 19.4 Å². The highest BCUT2D eigenvalue weighted by molar-refractivity contribution is 6.01. The molecular weight excluding hydrogens is 559 g/mol. The van der Waals surface area contributed by atoms with Crippen molar-refractivity contribution in [2.75, 3.05) is 44.4 Å². The second-order valence-corrected chi connectivity index (χ2v) is 12.4. The molecule has 8 nitrogen and oxygen atoms in total. The van der Waals surface area contributed by atoms with E-state index in [1.54, 1.807) is 12.3 Å². The molecule has 2 aromatic carbocycles. The van der Waals surface area contributed by atoms with Gasteiger partial charge in [0.1, 0.15) is 41.4 Å². The molecule has 0 aliphatic carbocycles. The summed E-state index contributed by atoms with van der Waals surface area (Å²) in [5.74, 6) is -0.313. The fourth-order valence-electron chi connectivity index (χ4n) is 7.77. The Balaban J connectivity index is 1.27. The van der Waals surface area contributed by atoms with E-state index in [-0.39, 0.29) is 41.2 Å². The highest BCUT2D eigenvalue weighted by Gasteiger charge is 2.50. The van der Waals surface area contributed by atoms with Crippen LogP contribution < -0.4 is 9.64 Å². The summed E-state index contributed by atoms with van der Waals surface area (Å²) in [6.45, 7) is 5.19. The van der Waals surface area contributed by atoms with Crippen molar-refractivity contribution >= 4 is 27.5 Å². The Morgan fingerprint density at radius 2 is 2.05 bits per heavy atom. The molecule has 0 saturated carbocycles. The summed E-state index contributed by atoms with van der Waals surface area (Å²) >= 11 is 0. The van der Waals surface area contributed by atoms with Gasteiger partial charge < -0.3 is 19.5 Å². The number of hydrogen-bond donors (Lipinski definition) is 1. The minimum atomic E-state index is -0.904. The lowest BCUT2D eigenvalue weighted by Gasteiger charge is -2.44. The molecule has 4 aliphatic heterocycles. The number of aromatic hydroxyl groups is 1. The first-order chi connectivity index (χ1) is 20.8. The standard InChI is InChI=1S/C32H32F3N5O3/c1-2-21-24(34)5-4-17-8-20(41)9-22(26(17)21)28-27(35)29-23(11-36-28)30(40-12-18-14-42-15-25(18)40)38-31(37-29)43-16-32-6-3-7-39(32)13-19(33)10-32/h4-5,8-9,11,18-19,25,41H,2-3,6-7,10,12-16H2,1H3/t18-,19-,25+,32+/m1/s1. The number of alkyl halides is 1. The Bertz CT molecular complexity index is 1770. The van der Waals surface area contributed by atoms with Gasteiger partial charge in [0.15, 0.2) is 5.82 Å². The summed E-state index contributed by atoms with van der Waals surface area (Å²) in [4.78, 5) is 18.0. The van der Waals surface area contributed by atoms with Crippen LogP contribution in [0.5, 0.6) is 11.8 Å². The Kier molecular flexibility index (Phi) is 6.20. The average molecular weight is 592 g/mol. The lowest BCUT2D eigenvalue weighted by atomic mass is 9.91. The Morgan fingerprint density at radius 3 is 2.88 bits per heavy atom. The number of fused-ring (bicyclic) bond motifs is 4. The van der Waals surface area contributed by atoms with Crippen LogP contribution in [0, 0.1) is 17.6 Å². The van der Waals surface area contributed by atoms with Gasteiger partial charge in [0.25, 0.3) is 0 Å². The van der Waals surface area contributed by atoms with Crippen molar-refractivity contribution in [3.63, 3.8) is 0 Å². The number of halogens is 3. The molecule has 8 rings (SSSR count). The molecule has 2 aromatic heterocycles.